The van der Waals surface area contributed by atoms with Crippen LogP contribution in [0, 0.1) is 0 Å². The fraction of sp³-hybridized carbons (Fsp3) is 0.211. The van der Waals surface area contributed by atoms with E-state index >= 15 is 0 Å². The molecule has 142 valence electrons. The van der Waals surface area contributed by atoms with E-state index in [1.54, 1.807) is 50.4 Å². The van der Waals surface area contributed by atoms with Crippen LogP contribution in [0.4, 0.5) is 10.5 Å². The monoisotopic (exact) mass is 433 g/mol. The van der Waals surface area contributed by atoms with Crippen LogP contribution in [-0.4, -0.2) is 24.8 Å². The highest BCUT2D eigenvalue weighted by atomic mass is 79.9. The maximum Gasteiger partial charge on any atom is 0.428 e. The molecule has 27 heavy (non-hydrogen) atoms. The Labute approximate surface area is 165 Å². The molecular weight excluding hydrogens is 414 g/mol. The zero-order valence-corrected chi connectivity index (χ0v) is 16.6. The van der Waals surface area contributed by atoms with Gasteiger partial charge in [0.1, 0.15) is 12.4 Å². The highest BCUT2D eigenvalue weighted by Crippen LogP contribution is 2.14. The van der Waals surface area contributed by atoms with Gasteiger partial charge < -0.3 is 14.8 Å². The van der Waals surface area contributed by atoms with Crippen LogP contribution in [0.1, 0.15) is 18.9 Å². The SMILES string of the molecule is COc1ccc(COC(=O)N/N=C(\C)CC(=O)Nc2ccc(Br)cc2)cc1. The second-order valence-corrected chi connectivity index (χ2v) is 6.53. The predicted molar refractivity (Wildman–Crippen MR) is 107 cm³/mol. The summed E-state index contributed by atoms with van der Waals surface area (Å²) < 4.78 is 11.0. The van der Waals surface area contributed by atoms with Crippen molar-refractivity contribution in [2.75, 3.05) is 12.4 Å². The highest BCUT2D eigenvalue weighted by molar-refractivity contribution is 9.10. The van der Waals surface area contributed by atoms with Crippen LogP contribution in [0.15, 0.2) is 58.1 Å². The van der Waals surface area contributed by atoms with Gasteiger partial charge in [0.05, 0.1) is 13.5 Å². The van der Waals surface area contributed by atoms with Gasteiger partial charge in [-0.25, -0.2) is 10.2 Å². The molecule has 0 bridgehead atoms. The number of nitrogens with one attached hydrogen (secondary N) is 2. The number of anilines is 1. The summed E-state index contributed by atoms with van der Waals surface area (Å²) in [6, 6.07) is 14.4. The van der Waals surface area contributed by atoms with Gasteiger partial charge >= 0.3 is 6.09 Å². The first-order valence-electron chi connectivity index (χ1n) is 8.10. The number of hydrogen-bond acceptors (Lipinski definition) is 5. The van der Waals surface area contributed by atoms with Crippen molar-refractivity contribution < 1.29 is 19.1 Å². The summed E-state index contributed by atoms with van der Waals surface area (Å²) in [4.78, 5) is 23.6. The summed E-state index contributed by atoms with van der Waals surface area (Å²) in [6.07, 6.45) is -0.645. The van der Waals surface area contributed by atoms with Crippen molar-refractivity contribution in [2.24, 2.45) is 5.10 Å². The minimum Gasteiger partial charge on any atom is -0.497 e. The van der Waals surface area contributed by atoms with Crippen molar-refractivity contribution in [3.8, 4) is 5.75 Å². The number of amides is 2. The molecule has 0 fully saturated rings. The Morgan fingerprint density at radius 3 is 2.37 bits per heavy atom. The van der Waals surface area contributed by atoms with Crippen LogP contribution < -0.4 is 15.5 Å². The van der Waals surface area contributed by atoms with Crippen LogP contribution in [0.3, 0.4) is 0 Å². The summed E-state index contributed by atoms with van der Waals surface area (Å²) in [5, 5.41) is 6.61. The van der Waals surface area contributed by atoms with Crippen molar-refractivity contribution in [3.63, 3.8) is 0 Å². The Morgan fingerprint density at radius 1 is 1.07 bits per heavy atom. The molecule has 0 aromatic heterocycles. The smallest absolute Gasteiger partial charge is 0.428 e. The molecule has 0 atom stereocenters. The van der Waals surface area contributed by atoms with E-state index in [1.165, 1.54) is 0 Å². The topological polar surface area (TPSA) is 89.0 Å². The second-order valence-electron chi connectivity index (χ2n) is 5.61. The Morgan fingerprint density at radius 2 is 1.74 bits per heavy atom. The number of hydrogen-bond donors (Lipinski definition) is 2. The van der Waals surface area contributed by atoms with Crippen LogP contribution in [0.5, 0.6) is 5.75 Å². The maximum atomic E-state index is 12.0. The number of carbonyl (C=O) groups is 2. The van der Waals surface area contributed by atoms with E-state index in [4.69, 9.17) is 9.47 Å². The number of ether oxygens (including phenoxy) is 2. The molecule has 2 amide bonds. The molecule has 0 aliphatic carbocycles. The highest BCUT2D eigenvalue weighted by Gasteiger charge is 2.06. The number of halogens is 1. The summed E-state index contributed by atoms with van der Waals surface area (Å²) in [5.74, 6) is 0.497. The molecule has 2 rings (SSSR count). The number of hydrazone groups is 1. The normalized spacial score (nSPS) is 10.9. The van der Waals surface area contributed by atoms with E-state index in [9.17, 15) is 9.59 Å². The first-order valence-corrected chi connectivity index (χ1v) is 8.90. The van der Waals surface area contributed by atoms with Gasteiger partial charge in [0.2, 0.25) is 5.91 Å². The van der Waals surface area contributed by atoms with Gasteiger partial charge in [-0.15, -0.1) is 0 Å². The largest absolute Gasteiger partial charge is 0.497 e. The molecule has 0 spiro atoms. The second kappa shape index (κ2) is 10.3. The zero-order chi connectivity index (χ0) is 19.6. The summed E-state index contributed by atoms with van der Waals surface area (Å²) in [6.45, 7) is 1.75. The van der Waals surface area contributed by atoms with E-state index in [1.807, 2.05) is 12.1 Å². The number of rotatable bonds is 7. The van der Waals surface area contributed by atoms with Gasteiger partial charge in [-0.2, -0.15) is 5.10 Å². The number of benzene rings is 2. The van der Waals surface area contributed by atoms with E-state index in [0.29, 0.717) is 11.4 Å². The van der Waals surface area contributed by atoms with E-state index < -0.39 is 6.09 Å². The number of nitrogens with zero attached hydrogens (tertiary/aromatic N) is 1. The van der Waals surface area contributed by atoms with E-state index in [2.05, 4.69) is 31.8 Å². The summed E-state index contributed by atoms with van der Waals surface area (Å²) >= 11 is 3.33. The van der Waals surface area contributed by atoms with E-state index in [0.717, 1.165) is 15.8 Å². The van der Waals surface area contributed by atoms with Crippen LogP contribution in [0.25, 0.3) is 0 Å². The molecule has 0 saturated heterocycles. The number of methoxy groups -OCH3 is 1. The average Bonchev–Trinajstić information content (AvgIpc) is 2.67. The van der Waals surface area contributed by atoms with Crippen LogP contribution in [0.2, 0.25) is 0 Å². The minimum atomic E-state index is -0.696. The average molecular weight is 434 g/mol. The number of carbonyl (C=O) groups excluding carboxylic acids is 2. The third kappa shape index (κ3) is 7.49. The molecule has 0 aliphatic heterocycles. The lowest BCUT2D eigenvalue weighted by molar-refractivity contribution is -0.115. The van der Waals surface area contributed by atoms with Crippen molar-refractivity contribution >= 4 is 39.3 Å². The third-order valence-corrected chi connectivity index (χ3v) is 3.94. The third-order valence-electron chi connectivity index (χ3n) is 3.41. The first kappa shape index (κ1) is 20.4. The molecule has 2 N–H and O–H groups in total. The summed E-state index contributed by atoms with van der Waals surface area (Å²) in [5.41, 5.74) is 4.22. The van der Waals surface area contributed by atoms with Gasteiger partial charge in [0.15, 0.2) is 0 Å². The molecule has 0 aliphatic rings. The van der Waals surface area contributed by atoms with Gasteiger partial charge in [-0.1, -0.05) is 28.1 Å². The molecule has 2 aromatic rings. The fourth-order valence-corrected chi connectivity index (χ4v) is 2.32. The quantitative estimate of drug-likeness (QED) is 0.508. The molecule has 8 heteroatoms. The van der Waals surface area contributed by atoms with E-state index in [-0.39, 0.29) is 18.9 Å². The van der Waals surface area contributed by atoms with Crippen LogP contribution in [-0.2, 0) is 16.1 Å². The summed E-state index contributed by atoms with van der Waals surface area (Å²) in [7, 11) is 1.58. The molecule has 7 nitrogen and oxygen atoms in total. The first-order chi connectivity index (χ1) is 13.0. The molecule has 0 unspecified atom stereocenters. The Kier molecular flexibility index (Phi) is 7.81. The van der Waals surface area contributed by atoms with Crippen molar-refractivity contribution in [1.82, 2.24) is 5.43 Å². The maximum absolute atomic E-state index is 12.0. The standard InChI is InChI=1S/C19H20BrN3O4/c1-13(11-18(24)21-16-7-5-15(20)6-8-16)22-23-19(25)27-12-14-3-9-17(26-2)10-4-14/h3-10H,11-12H2,1-2H3,(H,21,24)(H,23,25)/b22-13+. The Bertz CT molecular complexity index is 805. The zero-order valence-electron chi connectivity index (χ0n) is 15.0. The van der Waals surface area contributed by atoms with Crippen molar-refractivity contribution in [2.45, 2.75) is 20.0 Å². The Hall–Kier alpha value is -2.87. The van der Waals surface area contributed by atoms with Gasteiger partial charge in [-0.3, -0.25) is 4.79 Å². The lowest BCUT2D eigenvalue weighted by Crippen LogP contribution is -2.22. The predicted octanol–water partition coefficient (Wildman–Crippen LogP) is 4.09. The van der Waals surface area contributed by atoms with Crippen LogP contribution >= 0.6 is 15.9 Å². The van der Waals surface area contributed by atoms with Gasteiger partial charge in [0.25, 0.3) is 0 Å². The van der Waals surface area contributed by atoms with Gasteiger partial charge in [0, 0.05) is 15.9 Å². The fourth-order valence-electron chi connectivity index (χ4n) is 2.05. The van der Waals surface area contributed by atoms with Gasteiger partial charge in [-0.05, 0) is 48.9 Å². The Balaban J connectivity index is 1.73. The molecule has 0 heterocycles. The lowest BCUT2D eigenvalue weighted by Gasteiger charge is -2.07. The molecule has 0 saturated carbocycles. The van der Waals surface area contributed by atoms with Crippen molar-refractivity contribution in [1.29, 1.82) is 0 Å². The molecular formula is C19H20BrN3O4. The molecule has 0 radical (unpaired) electrons. The van der Waals surface area contributed by atoms with Crippen molar-refractivity contribution in [3.05, 3.63) is 58.6 Å². The lowest BCUT2D eigenvalue weighted by atomic mass is 10.2. The molecule has 2 aromatic carbocycles. The minimum absolute atomic E-state index is 0.0504.